The van der Waals surface area contributed by atoms with Crippen molar-refractivity contribution in [3.8, 4) is 0 Å². The van der Waals surface area contributed by atoms with E-state index in [4.69, 9.17) is 34.8 Å². The van der Waals surface area contributed by atoms with Gasteiger partial charge in [0.05, 0.1) is 18.4 Å². The molecule has 0 saturated heterocycles. The van der Waals surface area contributed by atoms with Gasteiger partial charge in [0.1, 0.15) is 10.8 Å². The first-order chi connectivity index (χ1) is 9.90. The van der Waals surface area contributed by atoms with E-state index in [0.29, 0.717) is 10.0 Å². The summed E-state index contributed by atoms with van der Waals surface area (Å²) in [6.07, 6.45) is 2.75. The molecule has 0 saturated carbocycles. The number of benzene rings is 1. The molecule has 0 aliphatic rings. The zero-order valence-corrected chi connectivity index (χ0v) is 13.6. The Morgan fingerprint density at radius 2 is 1.95 bits per heavy atom. The van der Waals surface area contributed by atoms with E-state index >= 15 is 0 Å². The van der Waals surface area contributed by atoms with Crippen molar-refractivity contribution in [3.05, 3.63) is 57.0 Å². The first kappa shape index (κ1) is 16.0. The highest BCUT2D eigenvalue weighted by atomic mass is 35.5. The van der Waals surface area contributed by atoms with Crippen LogP contribution in [0.1, 0.15) is 29.0 Å². The lowest BCUT2D eigenvalue weighted by atomic mass is 10.1. The van der Waals surface area contributed by atoms with Crippen molar-refractivity contribution < 1.29 is 4.79 Å². The Hall–Kier alpha value is -1.36. The van der Waals surface area contributed by atoms with Crippen LogP contribution in [0.3, 0.4) is 0 Å². The number of carbonyl (C=O) groups is 1. The lowest BCUT2D eigenvalue weighted by molar-refractivity contribution is 0.0736. The third-order valence-corrected chi connectivity index (χ3v) is 3.88. The summed E-state index contributed by atoms with van der Waals surface area (Å²) in [5.41, 5.74) is 0.980. The van der Waals surface area contributed by atoms with E-state index in [1.807, 2.05) is 6.92 Å². The summed E-state index contributed by atoms with van der Waals surface area (Å²) in [5.74, 6) is -0.288. The maximum atomic E-state index is 12.4. The minimum absolute atomic E-state index is 0.173. The van der Waals surface area contributed by atoms with Gasteiger partial charge in [0.25, 0.3) is 5.91 Å². The van der Waals surface area contributed by atoms with Gasteiger partial charge in [0.2, 0.25) is 0 Å². The maximum absolute atomic E-state index is 12.4. The molecule has 0 N–H and O–H groups in total. The molecule has 2 aromatic rings. The van der Waals surface area contributed by atoms with Crippen LogP contribution in [-0.4, -0.2) is 27.8 Å². The zero-order valence-electron chi connectivity index (χ0n) is 11.3. The molecule has 7 heteroatoms. The molecule has 0 radical (unpaired) electrons. The molecule has 21 heavy (non-hydrogen) atoms. The molecule has 0 fully saturated rings. The number of amides is 1. The van der Waals surface area contributed by atoms with E-state index in [1.54, 1.807) is 25.2 Å². The van der Waals surface area contributed by atoms with Gasteiger partial charge >= 0.3 is 0 Å². The molecule has 1 heterocycles. The molecule has 0 aliphatic heterocycles. The van der Waals surface area contributed by atoms with Crippen LogP contribution in [0.25, 0.3) is 0 Å². The van der Waals surface area contributed by atoms with Crippen LogP contribution >= 0.6 is 34.8 Å². The molecule has 1 aromatic heterocycles. The van der Waals surface area contributed by atoms with Crippen LogP contribution in [0.5, 0.6) is 0 Å². The molecular formula is C14H12Cl3N3O. The molecule has 1 amide bonds. The van der Waals surface area contributed by atoms with E-state index in [1.165, 1.54) is 17.3 Å². The van der Waals surface area contributed by atoms with E-state index in [2.05, 4.69) is 9.97 Å². The third-order valence-electron chi connectivity index (χ3n) is 3.14. The van der Waals surface area contributed by atoms with E-state index in [9.17, 15) is 4.79 Å². The van der Waals surface area contributed by atoms with Gasteiger partial charge in [-0.25, -0.2) is 4.98 Å². The van der Waals surface area contributed by atoms with Gasteiger partial charge in [0.15, 0.2) is 0 Å². The number of halogens is 3. The lowest BCUT2D eigenvalue weighted by Crippen LogP contribution is -2.30. The summed E-state index contributed by atoms with van der Waals surface area (Å²) in [7, 11) is 1.67. The highest BCUT2D eigenvalue weighted by molar-refractivity contribution is 6.35. The zero-order chi connectivity index (χ0) is 15.6. The van der Waals surface area contributed by atoms with Gasteiger partial charge < -0.3 is 4.90 Å². The van der Waals surface area contributed by atoms with Gasteiger partial charge in [-0.05, 0) is 24.6 Å². The average Bonchev–Trinajstić information content (AvgIpc) is 2.45. The van der Waals surface area contributed by atoms with Gasteiger partial charge in [-0.2, -0.15) is 0 Å². The van der Waals surface area contributed by atoms with Crippen molar-refractivity contribution in [2.24, 2.45) is 0 Å². The Balaban J connectivity index is 2.26. The molecular weight excluding hydrogens is 333 g/mol. The highest BCUT2D eigenvalue weighted by Gasteiger charge is 2.22. The molecule has 0 bridgehead atoms. The summed E-state index contributed by atoms with van der Waals surface area (Å²) in [6, 6.07) is 4.93. The van der Waals surface area contributed by atoms with E-state index in [0.717, 1.165) is 5.56 Å². The summed E-state index contributed by atoms with van der Waals surface area (Å²) in [4.78, 5) is 21.7. The summed E-state index contributed by atoms with van der Waals surface area (Å²) >= 11 is 17.8. The maximum Gasteiger partial charge on any atom is 0.274 e. The number of hydrogen-bond acceptors (Lipinski definition) is 3. The minimum Gasteiger partial charge on any atom is -0.334 e. The molecule has 2 rings (SSSR count). The second-order valence-corrected chi connectivity index (χ2v) is 5.72. The smallest absolute Gasteiger partial charge is 0.274 e. The fourth-order valence-electron chi connectivity index (χ4n) is 1.85. The van der Waals surface area contributed by atoms with Crippen LogP contribution in [0.4, 0.5) is 0 Å². The van der Waals surface area contributed by atoms with E-state index in [-0.39, 0.29) is 22.8 Å². The average molecular weight is 345 g/mol. The molecule has 0 aliphatic carbocycles. The number of hydrogen-bond donors (Lipinski definition) is 0. The Labute approximate surface area is 137 Å². The predicted octanol–water partition coefficient (Wildman–Crippen LogP) is 4.27. The summed E-state index contributed by atoms with van der Waals surface area (Å²) < 4.78 is 0. The van der Waals surface area contributed by atoms with Crippen LogP contribution in [0.2, 0.25) is 15.2 Å². The van der Waals surface area contributed by atoms with E-state index < -0.39 is 0 Å². The van der Waals surface area contributed by atoms with Gasteiger partial charge in [-0.3, -0.25) is 9.78 Å². The largest absolute Gasteiger partial charge is 0.334 e. The van der Waals surface area contributed by atoms with Crippen LogP contribution in [0.15, 0.2) is 30.6 Å². The molecule has 1 unspecified atom stereocenters. The van der Waals surface area contributed by atoms with Crippen molar-refractivity contribution in [1.29, 1.82) is 0 Å². The molecule has 1 atom stereocenters. The number of aromatic nitrogens is 2. The van der Waals surface area contributed by atoms with Gasteiger partial charge in [-0.15, -0.1) is 0 Å². The predicted molar refractivity (Wildman–Crippen MR) is 84.0 cm³/mol. The standard InChI is InChI=1S/C14H12Cl3N3O/c1-8(10-4-3-9(15)5-11(10)16)20(2)14(21)12-6-18-7-13(17)19-12/h3-8H,1-2H3. The lowest BCUT2D eigenvalue weighted by Gasteiger charge is -2.25. The first-order valence-corrected chi connectivity index (χ1v) is 7.23. The molecule has 110 valence electrons. The Morgan fingerprint density at radius 1 is 1.24 bits per heavy atom. The number of nitrogens with zero attached hydrogens (tertiary/aromatic N) is 3. The quantitative estimate of drug-likeness (QED) is 0.835. The second kappa shape index (κ2) is 6.60. The van der Waals surface area contributed by atoms with Crippen molar-refractivity contribution in [3.63, 3.8) is 0 Å². The number of carbonyl (C=O) groups excluding carboxylic acids is 1. The highest BCUT2D eigenvalue weighted by Crippen LogP contribution is 2.29. The normalized spacial score (nSPS) is 12.0. The van der Waals surface area contributed by atoms with Crippen LogP contribution < -0.4 is 0 Å². The minimum atomic E-state index is -0.288. The number of rotatable bonds is 3. The topological polar surface area (TPSA) is 46.1 Å². The van der Waals surface area contributed by atoms with Crippen molar-refractivity contribution in [1.82, 2.24) is 14.9 Å². The van der Waals surface area contributed by atoms with Crippen molar-refractivity contribution >= 4 is 40.7 Å². The Kier molecular flexibility index (Phi) is 5.04. The fraction of sp³-hybridized carbons (Fsp3) is 0.214. The molecule has 0 spiro atoms. The van der Waals surface area contributed by atoms with Gasteiger partial charge in [0, 0.05) is 17.1 Å². The molecule has 4 nitrogen and oxygen atoms in total. The van der Waals surface area contributed by atoms with Gasteiger partial charge in [-0.1, -0.05) is 40.9 Å². The first-order valence-electron chi connectivity index (χ1n) is 6.10. The Bertz CT molecular complexity index is 678. The summed E-state index contributed by atoms with van der Waals surface area (Å²) in [6.45, 7) is 1.87. The Morgan fingerprint density at radius 3 is 2.57 bits per heavy atom. The SMILES string of the molecule is CC(c1ccc(Cl)cc1Cl)N(C)C(=O)c1cncc(Cl)n1. The van der Waals surface area contributed by atoms with Crippen molar-refractivity contribution in [2.75, 3.05) is 7.05 Å². The molecule has 1 aromatic carbocycles. The monoisotopic (exact) mass is 343 g/mol. The van der Waals surface area contributed by atoms with Crippen molar-refractivity contribution in [2.45, 2.75) is 13.0 Å². The van der Waals surface area contributed by atoms with Crippen LogP contribution in [-0.2, 0) is 0 Å². The van der Waals surface area contributed by atoms with Crippen LogP contribution in [0, 0.1) is 0 Å². The second-order valence-electron chi connectivity index (χ2n) is 4.48. The third kappa shape index (κ3) is 3.64. The fourth-order valence-corrected chi connectivity index (χ4v) is 2.56. The summed E-state index contributed by atoms with van der Waals surface area (Å²) in [5, 5.41) is 1.23.